The molecule has 10 heavy (non-hydrogen) atoms. The van der Waals surface area contributed by atoms with Crippen LogP contribution < -0.4 is 0 Å². The van der Waals surface area contributed by atoms with Gasteiger partial charge in [0.25, 0.3) is 0 Å². The second-order valence-corrected chi connectivity index (χ2v) is 2.95. The quantitative estimate of drug-likeness (QED) is 0.626. The molecule has 1 aromatic heterocycles. The lowest BCUT2D eigenvalue weighted by Gasteiger charge is -1.99. The molecule has 0 bridgehead atoms. The monoisotopic (exact) mass is 157 g/mol. The molecule has 0 amide bonds. The van der Waals surface area contributed by atoms with Gasteiger partial charge in [0.1, 0.15) is 0 Å². The summed E-state index contributed by atoms with van der Waals surface area (Å²) < 4.78 is 0. The van der Waals surface area contributed by atoms with E-state index >= 15 is 0 Å². The van der Waals surface area contributed by atoms with Crippen molar-refractivity contribution in [1.82, 2.24) is 4.98 Å². The summed E-state index contributed by atoms with van der Waals surface area (Å²) in [5.41, 5.74) is 0.860. The first-order valence-electron chi connectivity index (χ1n) is 2.83. The average molecular weight is 157 g/mol. The van der Waals surface area contributed by atoms with Gasteiger partial charge in [-0.15, -0.1) is 0 Å². The summed E-state index contributed by atoms with van der Waals surface area (Å²) in [6, 6.07) is 3.59. The highest BCUT2D eigenvalue weighted by Crippen LogP contribution is 2.28. The maximum absolute atomic E-state index is 8.60. The minimum Gasteiger partial charge on any atom is -0.350 e. The molecule has 0 saturated heterocycles. The minimum absolute atomic E-state index is 0.309. The number of hydrogen-bond donors (Lipinski definition) is 2. The summed E-state index contributed by atoms with van der Waals surface area (Å²) in [7, 11) is -1.82. The molecule has 0 fully saturated rings. The molecule has 0 atom stereocenters. The van der Waals surface area contributed by atoms with Crippen molar-refractivity contribution in [2.45, 2.75) is 6.16 Å². The summed E-state index contributed by atoms with van der Waals surface area (Å²) in [5.74, 6) is 0. The molecule has 0 saturated carbocycles. The van der Waals surface area contributed by atoms with Gasteiger partial charge in [-0.2, -0.15) is 0 Å². The van der Waals surface area contributed by atoms with Gasteiger partial charge in [-0.25, -0.2) is 0 Å². The van der Waals surface area contributed by atoms with Crippen LogP contribution in [0.3, 0.4) is 0 Å². The molecule has 0 aliphatic carbocycles. The maximum Gasteiger partial charge on any atom is 0.169 e. The van der Waals surface area contributed by atoms with E-state index in [0.717, 1.165) is 5.56 Å². The van der Waals surface area contributed by atoms with Gasteiger partial charge in [0.15, 0.2) is 8.38 Å². The Morgan fingerprint density at radius 3 is 2.80 bits per heavy atom. The van der Waals surface area contributed by atoms with E-state index in [2.05, 4.69) is 4.98 Å². The summed E-state index contributed by atoms with van der Waals surface area (Å²) in [6.07, 6.45) is 3.59. The fourth-order valence-corrected chi connectivity index (χ4v) is 1.17. The number of rotatable bonds is 2. The molecule has 2 N–H and O–H groups in total. The lowest BCUT2D eigenvalue weighted by Crippen LogP contribution is -1.82. The third-order valence-electron chi connectivity index (χ3n) is 1.05. The van der Waals surface area contributed by atoms with Gasteiger partial charge in [0.05, 0.1) is 0 Å². The van der Waals surface area contributed by atoms with Crippen molar-refractivity contribution in [3.8, 4) is 0 Å². The van der Waals surface area contributed by atoms with Crippen molar-refractivity contribution in [2.24, 2.45) is 0 Å². The first kappa shape index (κ1) is 7.61. The molecule has 1 rings (SSSR count). The fraction of sp³-hybridized carbons (Fsp3) is 0.167. The average Bonchev–Trinajstić information content (AvgIpc) is 1.88. The van der Waals surface area contributed by atoms with Crippen molar-refractivity contribution < 1.29 is 9.79 Å². The molecular formula is C6H8NO2P. The number of nitrogens with zero attached hydrogens (tertiary/aromatic N) is 1. The maximum atomic E-state index is 8.60. The van der Waals surface area contributed by atoms with Crippen LogP contribution in [0, 0.1) is 0 Å². The van der Waals surface area contributed by atoms with Crippen molar-refractivity contribution >= 4 is 8.38 Å². The Morgan fingerprint density at radius 1 is 1.50 bits per heavy atom. The standard InChI is InChI=1S/C6H8NO2P/c8-10(9)5-6-2-1-3-7-4-6/h1-4,8-9H,5H2. The van der Waals surface area contributed by atoms with E-state index in [9.17, 15) is 0 Å². The third kappa shape index (κ3) is 2.40. The summed E-state index contributed by atoms with van der Waals surface area (Å²) in [4.78, 5) is 21.0. The van der Waals surface area contributed by atoms with E-state index < -0.39 is 8.38 Å². The molecule has 0 aromatic carbocycles. The highest BCUT2D eigenvalue weighted by atomic mass is 31.2. The highest BCUT2D eigenvalue weighted by molar-refractivity contribution is 7.44. The summed E-state index contributed by atoms with van der Waals surface area (Å²) in [6.45, 7) is 0. The molecular weight excluding hydrogens is 149 g/mol. The third-order valence-corrected chi connectivity index (χ3v) is 1.69. The van der Waals surface area contributed by atoms with E-state index in [1.54, 1.807) is 18.5 Å². The number of pyridine rings is 1. The molecule has 0 unspecified atom stereocenters. The first-order valence-corrected chi connectivity index (χ1v) is 4.26. The van der Waals surface area contributed by atoms with Crippen LogP contribution in [0.2, 0.25) is 0 Å². The summed E-state index contributed by atoms with van der Waals surface area (Å²) >= 11 is 0. The van der Waals surface area contributed by atoms with Crippen LogP contribution in [0.15, 0.2) is 24.5 Å². The van der Waals surface area contributed by atoms with Crippen LogP contribution in [-0.4, -0.2) is 14.8 Å². The lowest BCUT2D eigenvalue weighted by molar-refractivity contribution is 0.481. The highest BCUT2D eigenvalue weighted by Gasteiger charge is 1.98. The molecule has 4 heteroatoms. The van der Waals surface area contributed by atoms with Crippen LogP contribution in [0.4, 0.5) is 0 Å². The van der Waals surface area contributed by atoms with Gasteiger partial charge in [0.2, 0.25) is 0 Å². The minimum atomic E-state index is -1.82. The summed E-state index contributed by atoms with van der Waals surface area (Å²) in [5, 5.41) is 0. The van der Waals surface area contributed by atoms with E-state index in [-0.39, 0.29) is 0 Å². The van der Waals surface area contributed by atoms with Crippen molar-refractivity contribution in [3.63, 3.8) is 0 Å². The Morgan fingerprint density at radius 2 is 2.30 bits per heavy atom. The van der Waals surface area contributed by atoms with Gasteiger partial charge < -0.3 is 9.79 Å². The van der Waals surface area contributed by atoms with E-state index in [4.69, 9.17) is 9.79 Å². The van der Waals surface area contributed by atoms with Gasteiger partial charge >= 0.3 is 0 Å². The SMILES string of the molecule is OP(O)Cc1cccnc1. The zero-order chi connectivity index (χ0) is 7.40. The smallest absolute Gasteiger partial charge is 0.169 e. The zero-order valence-corrected chi connectivity index (χ0v) is 6.20. The van der Waals surface area contributed by atoms with Crippen LogP contribution in [0.25, 0.3) is 0 Å². The van der Waals surface area contributed by atoms with E-state index in [0.29, 0.717) is 6.16 Å². The Bertz CT molecular complexity index is 190. The van der Waals surface area contributed by atoms with Gasteiger partial charge in [-0.3, -0.25) is 4.98 Å². The van der Waals surface area contributed by atoms with Crippen LogP contribution in [0.5, 0.6) is 0 Å². The molecule has 1 aromatic rings. The van der Waals surface area contributed by atoms with E-state index in [1.165, 1.54) is 0 Å². The molecule has 3 nitrogen and oxygen atoms in total. The Kier molecular flexibility index (Phi) is 2.75. The Balaban J connectivity index is 2.59. The second kappa shape index (κ2) is 3.62. The van der Waals surface area contributed by atoms with Gasteiger partial charge in [-0.05, 0) is 11.6 Å². The van der Waals surface area contributed by atoms with Gasteiger partial charge in [-0.1, -0.05) is 6.07 Å². The Hall–Kier alpha value is -0.500. The fourth-order valence-electron chi connectivity index (χ4n) is 0.655. The molecule has 0 radical (unpaired) electrons. The zero-order valence-electron chi connectivity index (χ0n) is 5.31. The van der Waals surface area contributed by atoms with Crippen LogP contribution in [0.1, 0.15) is 5.56 Å². The second-order valence-electron chi connectivity index (χ2n) is 1.89. The molecule has 54 valence electrons. The van der Waals surface area contributed by atoms with Crippen molar-refractivity contribution in [3.05, 3.63) is 30.1 Å². The normalized spacial score (nSPS) is 10.3. The first-order chi connectivity index (χ1) is 4.79. The van der Waals surface area contributed by atoms with E-state index in [1.807, 2.05) is 6.07 Å². The predicted molar refractivity (Wildman–Crippen MR) is 39.3 cm³/mol. The van der Waals surface area contributed by atoms with Crippen molar-refractivity contribution in [2.75, 3.05) is 0 Å². The number of aromatic nitrogens is 1. The molecule has 0 aliphatic heterocycles. The molecule has 0 aliphatic rings. The number of hydrogen-bond acceptors (Lipinski definition) is 3. The molecule has 1 heterocycles. The van der Waals surface area contributed by atoms with Gasteiger partial charge in [0, 0.05) is 18.6 Å². The van der Waals surface area contributed by atoms with Crippen LogP contribution in [-0.2, 0) is 6.16 Å². The predicted octanol–water partition coefficient (Wildman–Crippen LogP) is 0.878. The lowest BCUT2D eigenvalue weighted by atomic mass is 10.3. The van der Waals surface area contributed by atoms with Crippen molar-refractivity contribution in [1.29, 1.82) is 0 Å². The largest absolute Gasteiger partial charge is 0.350 e. The van der Waals surface area contributed by atoms with Crippen LogP contribution >= 0.6 is 8.38 Å². The topological polar surface area (TPSA) is 53.4 Å². The Labute approximate surface area is 60.3 Å². The molecule has 0 spiro atoms.